The Morgan fingerprint density at radius 3 is 2.71 bits per heavy atom. The largest absolute Gasteiger partial charge is 0.368 e. The summed E-state index contributed by atoms with van der Waals surface area (Å²) in [7, 11) is 0. The normalized spacial score (nSPS) is 24.6. The highest BCUT2D eigenvalue weighted by atomic mass is 16.1. The van der Waals surface area contributed by atoms with E-state index in [-0.39, 0.29) is 11.9 Å². The van der Waals surface area contributed by atoms with Crippen LogP contribution in [0.25, 0.3) is 0 Å². The van der Waals surface area contributed by atoms with E-state index in [0.29, 0.717) is 6.04 Å². The number of nitrogens with one attached hydrogen (secondary N) is 1. The third-order valence-corrected chi connectivity index (χ3v) is 3.43. The smallest absolute Gasteiger partial charge is 0.235 e. The predicted octanol–water partition coefficient (Wildman–Crippen LogP) is 0.960. The number of likely N-dealkylation sites (tertiary alicyclic amines) is 1. The van der Waals surface area contributed by atoms with Gasteiger partial charge in [0.2, 0.25) is 5.91 Å². The summed E-state index contributed by atoms with van der Waals surface area (Å²) >= 11 is 0. The van der Waals surface area contributed by atoms with Crippen molar-refractivity contribution in [2.24, 2.45) is 11.7 Å². The molecule has 0 aromatic heterocycles. The maximum absolute atomic E-state index is 11.4. The maximum Gasteiger partial charge on any atom is 0.235 e. The lowest BCUT2D eigenvalue weighted by Gasteiger charge is -2.26. The van der Waals surface area contributed by atoms with Crippen molar-refractivity contribution in [3.05, 3.63) is 0 Å². The van der Waals surface area contributed by atoms with Crippen molar-refractivity contribution < 1.29 is 4.79 Å². The molecule has 0 bridgehead atoms. The summed E-state index contributed by atoms with van der Waals surface area (Å²) < 4.78 is 0. The van der Waals surface area contributed by atoms with Gasteiger partial charge in [0.05, 0.1) is 6.04 Å². The topological polar surface area (TPSA) is 58.4 Å². The molecule has 0 aromatic rings. The first-order chi connectivity index (χ1) is 7.99. The van der Waals surface area contributed by atoms with Crippen molar-refractivity contribution in [2.75, 3.05) is 19.6 Å². The molecular weight excluding hydrogens is 214 g/mol. The first-order valence-corrected chi connectivity index (χ1v) is 6.76. The minimum atomic E-state index is -0.240. The van der Waals surface area contributed by atoms with Crippen molar-refractivity contribution in [1.82, 2.24) is 10.2 Å². The van der Waals surface area contributed by atoms with Crippen LogP contribution in [0.2, 0.25) is 0 Å². The van der Waals surface area contributed by atoms with Gasteiger partial charge in [-0.2, -0.15) is 0 Å². The zero-order valence-electron chi connectivity index (χ0n) is 11.4. The molecule has 1 rings (SSSR count). The van der Waals surface area contributed by atoms with Crippen LogP contribution in [0.5, 0.6) is 0 Å². The van der Waals surface area contributed by atoms with Gasteiger partial charge in [-0.1, -0.05) is 20.8 Å². The number of hydrogen-bond donors (Lipinski definition) is 2. The van der Waals surface area contributed by atoms with Gasteiger partial charge in [0.1, 0.15) is 0 Å². The first kappa shape index (κ1) is 14.5. The fourth-order valence-electron chi connectivity index (χ4n) is 2.39. The molecule has 1 aliphatic heterocycles. The number of carbonyl (C=O) groups excluding carboxylic acids is 1. The zero-order chi connectivity index (χ0) is 12.8. The highest BCUT2D eigenvalue weighted by Crippen LogP contribution is 2.16. The molecule has 1 saturated heterocycles. The van der Waals surface area contributed by atoms with Gasteiger partial charge in [-0.25, -0.2) is 0 Å². The van der Waals surface area contributed by atoms with Crippen LogP contribution in [0, 0.1) is 5.92 Å². The van der Waals surface area contributed by atoms with Crippen LogP contribution in [-0.4, -0.2) is 42.5 Å². The van der Waals surface area contributed by atoms with E-state index in [1.54, 1.807) is 0 Å². The van der Waals surface area contributed by atoms with Crippen LogP contribution in [0.3, 0.4) is 0 Å². The third kappa shape index (κ3) is 5.50. The standard InChI is InChI=1S/C13H27N3O/c1-10(2)15-12(13(14)17)9-16-7-4-5-11(3)6-8-16/h10-12,15H,4-9H2,1-3H3,(H2,14,17). The lowest BCUT2D eigenvalue weighted by molar-refractivity contribution is -0.120. The fourth-order valence-corrected chi connectivity index (χ4v) is 2.39. The first-order valence-electron chi connectivity index (χ1n) is 6.76. The van der Waals surface area contributed by atoms with Crippen LogP contribution in [0.4, 0.5) is 0 Å². The average Bonchev–Trinajstić information content (AvgIpc) is 2.42. The minimum Gasteiger partial charge on any atom is -0.368 e. The summed E-state index contributed by atoms with van der Waals surface area (Å²) in [4.78, 5) is 13.8. The molecule has 0 radical (unpaired) electrons. The quantitative estimate of drug-likeness (QED) is 0.754. The molecule has 0 spiro atoms. The number of rotatable bonds is 5. The Hall–Kier alpha value is -0.610. The van der Waals surface area contributed by atoms with Gasteiger partial charge >= 0.3 is 0 Å². The lowest BCUT2D eigenvalue weighted by atomic mass is 10.0. The molecule has 1 aliphatic rings. The van der Waals surface area contributed by atoms with Crippen LogP contribution in [0.15, 0.2) is 0 Å². The van der Waals surface area contributed by atoms with Crippen molar-refractivity contribution in [2.45, 2.75) is 52.1 Å². The monoisotopic (exact) mass is 241 g/mol. The van der Waals surface area contributed by atoms with Gasteiger partial charge in [0.15, 0.2) is 0 Å². The molecule has 0 aromatic carbocycles. The van der Waals surface area contributed by atoms with E-state index >= 15 is 0 Å². The maximum atomic E-state index is 11.4. The number of hydrogen-bond acceptors (Lipinski definition) is 3. The lowest BCUT2D eigenvalue weighted by Crippen LogP contribution is -2.51. The summed E-state index contributed by atoms with van der Waals surface area (Å²) in [6.45, 7) is 9.32. The second-order valence-electron chi connectivity index (χ2n) is 5.61. The third-order valence-electron chi connectivity index (χ3n) is 3.43. The van der Waals surface area contributed by atoms with E-state index in [9.17, 15) is 4.79 Å². The Morgan fingerprint density at radius 1 is 1.41 bits per heavy atom. The molecule has 0 aliphatic carbocycles. The number of carbonyl (C=O) groups is 1. The van der Waals surface area contributed by atoms with Crippen LogP contribution in [-0.2, 0) is 4.79 Å². The second-order valence-corrected chi connectivity index (χ2v) is 5.61. The molecule has 100 valence electrons. The van der Waals surface area contributed by atoms with E-state index < -0.39 is 0 Å². The molecular formula is C13H27N3O. The van der Waals surface area contributed by atoms with Gasteiger partial charge in [-0.05, 0) is 38.3 Å². The van der Waals surface area contributed by atoms with Crippen LogP contribution >= 0.6 is 0 Å². The Labute approximate surface area is 105 Å². The van der Waals surface area contributed by atoms with Gasteiger partial charge in [0.25, 0.3) is 0 Å². The zero-order valence-corrected chi connectivity index (χ0v) is 11.4. The molecule has 3 N–H and O–H groups in total. The van der Waals surface area contributed by atoms with Gasteiger partial charge in [0, 0.05) is 12.6 Å². The Balaban J connectivity index is 2.45. The molecule has 1 fully saturated rings. The number of nitrogens with zero attached hydrogens (tertiary/aromatic N) is 1. The summed E-state index contributed by atoms with van der Waals surface area (Å²) in [5.74, 6) is 0.570. The van der Waals surface area contributed by atoms with Crippen molar-refractivity contribution in [1.29, 1.82) is 0 Å². The molecule has 17 heavy (non-hydrogen) atoms. The van der Waals surface area contributed by atoms with Crippen LogP contribution < -0.4 is 11.1 Å². The van der Waals surface area contributed by atoms with E-state index in [2.05, 4.69) is 17.1 Å². The Bertz CT molecular complexity index is 243. The Kier molecular flexibility index (Phi) is 5.92. The van der Waals surface area contributed by atoms with Crippen molar-refractivity contribution in [3.8, 4) is 0 Å². The van der Waals surface area contributed by atoms with Gasteiger partial charge < -0.3 is 16.0 Å². The summed E-state index contributed by atoms with van der Waals surface area (Å²) in [5.41, 5.74) is 5.44. The van der Waals surface area contributed by atoms with Gasteiger partial charge in [-0.15, -0.1) is 0 Å². The number of nitrogens with two attached hydrogens (primary N) is 1. The molecule has 1 heterocycles. The summed E-state index contributed by atoms with van der Waals surface area (Å²) in [6, 6.07) is 0.0711. The van der Waals surface area contributed by atoms with E-state index in [1.807, 2.05) is 13.8 Å². The van der Waals surface area contributed by atoms with Gasteiger partial charge in [-0.3, -0.25) is 4.79 Å². The SMILES string of the molecule is CC1CCCN(CC(NC(C)C)C(N)=O)CC1. The fraction of sp³-hybridized carbons (Fsp3) is 0.923. The Morgan fingerprint density at radius 2 is 2.12 bits per heavy atom. The highest BCUT2D eigenvalue weighted by Gasteiger charge is 2.21. The highest BCUT2D eigenvalue weighted by molar-refractivity contribution is 5.80. The van der Waals surface area contributed by atoms with Crippen molar-refractivity contribution >= 4 is 5.91 Å². The second kappa shape index (κ2) is 6.97. The number of primary amides is 1. The summed E-state index contributed by atoms with van der Waals surface area (Å²) in [5, 5.41) is 3.24. The average molecular weight is 241 g/mol. The number of amides is 1. The van der Waals surface area contributed by atoms with E-state index in [0.717, 1.165) is 25.6 Å². The van der Waals surface area contributed by atoms with Crippen LogP contribution in [0.1, 0.15) is 40.0 Å². The molecule has 2 unspecified atom stereocenters. The predicted molar refractivity (Wildman–Crippen MR) is 70.7 cm³/mol. The summed E-state index contributed by atoms with van der Waals surface area (Å²) in [6.07, 6.45) is 3.76. The molecule has 1 amide bonds. The molecule has 4 heteroatoms. The van der Waals surface area contributed by atoms with Crippen molar-refractivity contribution in [3.63, 3.8) is 0 Å². The molecule has 0 saturated carbocycles. The minimum absolute atomic E-state index is 0.219. The van der Waals surface area contributed by atoms with E-state index in [1.165, 1.54) is 19.3 Å². The molecule has 4 nitrogen and oxygen atoms in total. The molecule has 2 atom stereocenters. The van der Waals surface area contributed by atoms with E-state index in [4.69, 9.17) is 5.73 Å².